The molecular formula is C30H34N4O2S. The molecule has 0 fully saturated rings. The summed E-state index contributed by atoms with van der Waals surface area (Å²) in [4.78, 5) is 12.9. The molecule has 1 atom stereocenters. The van der Waals surface area contributed by atoms with E-state index >= 15 is 0 Å². The predicted octanol–water partition coefficient (Wildman–Crippen LogP) is 7.38. The Kier molecular flexibility index (Phi) is 8.66. The molecule has 1 aromatic heterocycles. The van der Waals surface area contributed by atoms with Gasteiger partial charge in [0.05, 0.1) is 5.75 Å². The van der Waals surface area contributed by atoms with E-state index in [0.717, 1.165) is 22.7 Å². The molecule has 37 heavy (non-hydrogen) atoms. The highest BCUT2D eigenvalue weighted by molar-refractivity contribution is 7.99. The van der Waals surface area contributed by atoms with Crippen LogP contribution in [0.2, 0.25) is 0 Å². The van der Waals surface area contributed by atoms with Crippen LogP contribution in [0.1, 0.15) is 69.5 Å². The molecule has 0 saturated heterocycles. The van der Waals surface area contributed by atoms with Crippen molar-refractivity contribution in [1.29, 1.82) is 0 Å². The third-order valence-corrected chi connectivity index (χ3v) is 7.01. The van der Waals surface area contributed by atoms with Gasteiger partial charge in [0.1, 0.15) is 5.75 Å². The zero-order valence-electron chi connectivity index (χ0n) is 22.0. The second-order valence-corrected chi connectivity index (χ2v) is 10.5. The Balaban J connectivity index is 1.52. The van der Waals surface area contributed by atoms with Gasteiger partial charge in [0.15, 0.2) is 17.1 Å². The molecule has 1 amide bonds. The lowest BCUT2D eigenvalue weighted by Gasteiger charge is -2.17. The number of para-hydroxylation sites is 2. The maximum absolute atomic E-state index is 12.9. The average molecular weight is 515 g/mol. The highest BCUT2D eigenvalue weighted by Gasteiger charge is 2.22. The van der Waals surface area contributed by atoms with Gasteiger partial charge in [-0.25, -0.2) is 0 Å². The largest absolute Gasteiger partial charge is 0.483 e. The van der Waals surface area contributed by atoms with Crippen molar-refractivity contribution in [2.75, 3.05) is 11.1 Å². The quantitative estimate of drug-likeness (QED) is 0.224. The van der Waals surface area contributed by atoms with Crippen LogP contribution in [0.5, 0.6) is 5.75 Å². The third-order valence-electron chi connectivity index (χ3n) is 6.09. The Hall–Kier alpha value is -3.58. The summed E-state index contributed by atoms with van der Waals surface area (Å²) in [6.07, 6.45) is -0.348. The number of carbonyl (C=O) groups excluding carboxylic acids is 1. The number of rotatable bonds is 10. The van der Waals surface area contributed by atoms with Crippen LogP contribution in [0.15, 0.2) is 84.0 Å². The number of hydrogen-bond acceptors (Lipinski definition) is 5. The molecule has 0 spiro atoms. The molecule has 6 nitrogen and oxygen atoms in total. The summed E-state index contributed by atoms with van der Waals surface area (Å²) in [5, 5.41) is 12.6. The molecule has 0 aliphatic carbocycles. The van der Waals surface area contributed by atoms with Gasteiger partial charge in [-0.2, -0.15) is 0 Å². The fourth-order valence-corrected chi connectivity index (χ4v) is 4.84. The molecule has 0 aliphatic rings. The summed E-state index contributed by atoms with van der Waals surface area (Å²) in [6.45, 7) is 10.5. The second kappa shape index (κ2) is 12.1. The molecule has 3 aromatic carbocycles. The van der Waals surface area contributed by atoms with E-state index in [9.17, 15) is 4.79 Å². The van der Waals surface area contributed by atoms with Crippen molar-refractivity contribution < 1.29 is 9.53 Å². The SMILES string of the molecule is CC(C)c1ccc(OC(C)c2nnc(SCC(=O)Nc3ccccc3C(C)C)n2-c2ccccc2)cc1. The number of hydrogen-bond donors (Lipinski definition) is 1. The van der Waals surface area contributed by atoms with E-state index in [4.69, 9.17) is 4.74 Å². The van der Waals surface area contributed by atoms with Crippen LogP contribution in [0.4, 0.5) is 5.69 Å². The highest BCUT2D eigenvalue weighted by Crippen LogP contribution is 2.29. The van der Waals surface area contributed by atoms with Crippen LogP contribution in [0.25, 0.3) is 5.69 Å². The van der Waals surface area contributed by atoms with E-state index in [2.05, 4.69) is 55.3 Å². The summed E-state index contributed by atoms with van der Waals surface area (Å²) in [5.41, 5.74) is 4.14. The Morgan fingerprint density at radius 2 is 1.54 bits per heavy atom. The van der Waals surface area contributed by atoms with E-state index < -0.39 is 0 Å². The lowest BCUT2D eigenvalue weighted by molar-refractivity contribution is -0.113. The molecule has 1 heterocycles. The molecule has 1 unspecified atom stereocenters. The van der Waals surface area contributed by atoms with Crippen molar-refractivity contribution in [2.45, 2.75) is 57.7 Å². The topological polar surface area (TPSA) is 69.0 Å². The fraction of sp³-hybridized carbons (Fsp3) is 0.300. The van der Waals surface area contributed by atoms with Crippen molar-refractivity contribution >= 4 is 23.4 Å². The molecular weight excluding hydrogens is 480 g/mol. The number of carbonyl (C=O) groups is 1. The molecule has 192 valence electrons. The normalized spacial score (nSPS) is 12.1. The Bertz CT molecular complexity index is 1320. The smallest absolute Gasteiger partial charge is 0.234 e. The van der Waals surface area contributed by atoms with Crippen LogP contribution in [-0.2, 0) is 4.79 Å². The number of thioether (sulfide) groups is 1. The second-order valence-electron chi connectivity index (χ2n) is 9.57. The molecule has 1 N–H and O–H groups in total. The standard InChI is InChI=1S/C30H34N4O2S/c1-20(2)23-15-17-25(18-16-23)36-22(5)29-32-33-30(34(29)24-11-7-6-8-12-24)37-19-28(35)31-27-14-10-9-13-26(27)21(3)4/h6-18,20-22H,19H2,1-5H3,(H,31,35). The zero-order chi connectivity index (χ0) is 26.4. The first-order valence-corrected chi connectivity index (χ1v) is 13.6. The summed E-state index contributed by atoms with van der Waals surface area (Å²) in [6, 6.07) is 26.0. The lowest BCUT2D eigenvalue weighted by atomic mass is 10.0. The van der Waals surface area contributed by atoms with Crippen molar-refractivity contribution in [3.8, 4) is 11.4 Å². The van der Waals surface area contributed by atoms with Crippen LogP contribution < -0.4 is 10.1 Å². The van der Waals surface area contributed by atoms with Crippen LogP contribution in [0.3, 0.4) is 0 Å². The summed E-state index contributed by atoms with van der Waals surface area (Å²) in [5.74, 6) is 2.35. The van der Waals surface area contributed by atoms with Gasteiger partial charge in [-0.05, 0) is 60.2 Å². The van der Waals surface area contributed by atoms with Crippen LogP contribution in [0, 0.1) is 0 Å². The van der Waals surface area contributed by atoms with Gasteiger partial charge < -0.3 is 10.1 Å². The number of nitrogens with one attached hydrogen (secondary N) is 1. The summed E-state index contributed by atoms with van der Waals surface area (Å²) >= 11 is 1.35. The third kappa shape index (κ3) is 6.60. The van der Waals surface area contributed by atoms with Gasteiger partial charge in [-0.3, -0.25) is 9.36 Å². The summed E-state index contributed by atoms with van der Waals surface area (Å²) in [7, 11) is 0. The number of ether oxygens (including phenoxy) is 1. The van der Waals surface area contributed by atoms with E-state index in [1.807, 2.05) is 78.2 Å². The Labute approximate surface area is 223 Å². The first kappa shape index (κ1) is 26.5. The maximum atomic E-state index is 12.9. The summed E-state index contributed by atoms with van der Waals surface area (Å²) < 4.78 is 8.20. The first-order valence-electron chi connectivity index (χ1n) is 12.6. The molecule has 7 heteroatoms. The van der Waals surface area contributed by atoms with Gasteiger partial charge in [0, 0.05) is 11.4 Å². The van der Waals surface area contributed by atoms with Crippen molar-refractivity contribution in [3.05, 3.63) is 95.8 Å². The van der Waals surface area contributed by atoms with Gasteiger partial charge in [0.2, 0.25) is 5.91 Å². The van der Waals surface area contributed by atoms with Crippen LogP contribution in [-0.4, -0.2) is 26.4 Å². The van der Waals surface area contributed by atoms with Crippen molar-refractivity contribution in [3.63, 3.8) is 0 Å². The monoisotopic (exact) mass is 514 g/mol. The minimum Gasteiger partial charge on any atom is -0.483 e. The number of amides is 1. The zero-order valence-corrected chi connectivity index (χ0v) is 22.8. The first-order chi connectivity index (χ1) is 17.8. The Morgan fingerprint density at radius 3 is 2.22 bits per heavy atom. The van der Waals surface area contributed by atoms with Gasteiger partial charge >= 0.3 is 0 Å². The van der Waals surface area contributed by atoms with Gasteiger partial charge in [-0.15, -0.1) is 10.2 Å². The minimum absolute atomic E-state index is 0.0863. The van der Waals surface area contributed by atoms with Gasteiger partial charge in [0.25, 0.3) is 0 Å². The average Bonchev–Trinajstić information content (AvgIpc) is 3.33. The predicted molar refractivity (Wildman–Crippen MR) is 151 cm³/mol. The molecule has 0 bridgehead atoms. The van der Waals surface area contributed by atoms with Gasteiger partial charge in [-0.1, -0.05) is 88.0 Å². The number of anilines is 1. The van der Waals surface area contributed by atoms with Crippen LogP contribution >= 0.6 is 11.8 Å². The van der Waals surface area contributed by atoms with E-state index in [0.29, 0.717) is 22.8 Å². The molecule has 0 aliphatic heterocycles. The van der Waals surface area contributed by atoms with E-state index in [1.54, 1.807) is 0 Å². The van der Waals surface area contributed by atoms with E-state index in [1.165, 1.54) is 17.3 Å². The fourth-order valence-electron chi connectivity index (χ4n) is 4.08. The van der Waals surface area contributed by atoms with E-state index in [-0.39, 0.29) is 17.8 Å². The number of aromatic nitrogens is 3. The number of benzene rings is 3. The minimum atomic E-state index is -0.348. The molecule has 4 rings (SSSR count). The Morgan fingerprint density at radius 1 is 0.865 bits per heavy atom. The molecule has 0 radical (unpaired) electrons. The molecule has 0 saturated carbocycles. The maximum Gasteiger partial charge on any atom is 0.234 e. The highest BCUT2D eigenvalue weighted by atomic mass is 32.2. The molecule has 4 aromatic rings. The van der Waals surface area contributed by atoms with Crippen molar-refractivity contribution in [1.82, 2.24) is 14.8 Å². The number of nitrogens with zero attached hydrogens (tertiary/aromatic N) is 3. The van der Waals surface area contributed by atoms with Crippen molar-refractivity contribution in [2.24, 2.45) is 0 Å². The lowest BCUT2D eigenvalue weighted by Crippen LogP contribution is -2.16.